The number of carbonyl (C=O) groups is 7. The van der Waals surface area contributed by atoms with Crippen molar-refractivity contribution in [3.8, 4) is 0 Å². The summed E-state index contributed by atoms with van der Waals surface area (Å²) in [6.07, 6.45) is -0.171. The number of amides is 5. The highest BCUT2D eigenvalue weighted by Crippen LogP contribution is 2.18. The highest BCUT2D eigenvalue weighted by Gasteiger charge is 2.29. The number of ether oxygens (including phenoxy) is 1. The first-order chi connectivity index (χ1) is 20.3. The molecule has 236 valence electrons. The summed E-state index contributed by atoms with van der Waals surface area (Å²) in [6, 6.07) is 4.62. The quantitative estimate of drug-likeness (QED) is 0.207. The number of carbonyl (C=O) groups excluding carboxylic acids is 6. The van der Waals surface area contributed by atoms with E-state index in [0.29, 0.717) is 37.2 Å². The number of ketones is 1. The Morgan fingerprint density at radius 3 is 2.12 bits per heavy atom. The van der Waals surface area contributed by atoms with E-state index in [4.69, 9.17) is 9.84 Å². The van der Waals surface area contributed by atoms with Gasteiger partial charge in [-0.2, -0.15) is 0 Å². The van der Waals surface area contributed by atoms with Crippen molar-refractivity contribution in [2.45, 2.75) is 72.1 Å². The van der Waals surface area contributed by atoms with Gasteiger partial charge in [0, 0.05) is 31.6 Å². The molecule has 1 aliphatic rings. The summed E-state index contributed by atoms with van der Waals surface area (Å²) in [5.41, 5.74) is 1.10. The van der Waals surface area contributed by atoms with Crippen LogP contribution in [0.2, 0.25) is 0 Å². The number of hydrogen-bond acceptors (Lipinski definition) is 8. The zero-order valence-electron chi connectivity index (χ0n) is 24.9. The maximum atomic E-state index is 12.9. The van der Waals surface area contributed by atoms with Gasteiger partial charge in [0.2, 0.25) is 23.6 Å². The second-order valence-electron chi connectivity index (χ2n) is 10.8. The lowest BCUT2D eigenvalue weighted by Crippen LogP contribution is -2.53. The topological polar surface area (TPSA) is 200 Å². The van der Waals surface area contributed by atoms with Gasteiger partial charge in [-0.1, -0.05) is 26.0 Å². The monoisotopic (exact) mass is 603 g/mol. The summed E-state index contributed by atoms with van der Waals surface area (Å²) in [5, 5.41) is 19.3. The molecule has 1 fully saturated rings. The van der Waals surface area contributed by atoms with Crippen molar-refractivity contribution in [3.05, 3.63) is 29.8 Å². The third-order valence-electron chi connectivity index (χ3n) is 6.85. The van der Waals surface area contributed by atoms with E-state index in [2.05, 4.69) is 21.3 Å². The molecule has 0 aromatic heterocycles. The lowest BCUT2D eigenvalue weighted by Gasteiger charge is -2.30. The fourth-order valence-electron chi connectivity index (χ4n) is 4.24. The maximum absolute atomic E-state index is 12.9. The smallest absolute Gasteiger partial charge is 0.407 e. The van der Waals surface area contributed by atoms with Crippen LogP contribution in [0.4, 0.5) is 10.5 Å². The number of Topliss-reactive ketones (excluding diaryl/α,β-unsaturated/α-hetero) is 1. The van der Waals surface area contributed by atoms with Gasteiger partial charge in [-0.3, -0.25) is 28.8 Å². The molecule has 2 rings (SSSR count). The van der Waals surface area contributed by atoms with E-state index in [-0.39, 0.29) is 43.6 Å². The second-order valence-corrected chi connectivity index (χ2v) is 10.8. The van der Waals surface area contributed by atoms with Crippen LogP contribution in [-0.2, 0) is 40.1 Å². The molecule has 0 unspecified atom stereocenters. The molecule has 0 aliphatic carbocycles. The third-order valence-corrected chi connectivity index (χ3v) is 6.85. The Kier molecular flexibility index (Phi) is 13.6. The lowest BCUT2D eigenvalue weighted by molar-refractivity contribution is -0.145. The van der Waals surface area contributed by atoms with E-state index in [1.54, 1.807) is 43.0 Å². The Bertz CT molecular complexity index is 1180. The molecule has 2 atom stereocenters. The van der Waals surface area contributed by atoms with Crippen LogP contribution in [0, 0.1) is 11.8 Å². The van der Waals surface area contributed by atoms with Gasteiger partial charge in [-0.05, 0) is 50.3 Å². The number of carboxylic acid groups (broad SMARTS) is 1. The largest absolute Gasteiger partial charge is 0.481 e. The number of aliphatic carboxylic acids is 1. The Labute approximate surface area is 250 Å². The summed E-state index contributed by atoms with van der Waals surface area (Å²) in [7, 11) is 0. The van der Waals surface area contributed by atoms with Gasteiger partial charge >= 0.3 is 12.1 Å². The molecule has 5 N–H and O–H groups in total. The number of rotatable bonds is 14. The first-order valence-corrected chi connectivity index (χ1v) is 14.2. The zero-order valence-corrected chi connectivity index (χ0v) is 24.9. The van der Waals surface area contributed by atoms with Crippen LogP contribution in [0.3, 0.4) is 0 Å². The van der Waals surface area contributed by atoms with Crippen LogP contribution in [0.1, 0.15) is 58.9 Å². The normalized spacial score (nSPS) is 14.7. The van der Waals surface area contributed by atoms with Crippen LogP contribution in [0.15, 0.2) is 24.3 Å². The zero-order chi connectivity index (χ0) is 32.1. The van der Waals surface area contributed by atoms with Gasteiger partial charge in [0.15, 0.2) is 0 Å². The average Bonchev–Trinajstić information content (AvgIpc) is 2.96. The van der Waals surface area contributed by atoms with E-state index < -0.39 is 47.8 Å². The van der Waals surface area contributed by atoms with E-state index in [1.807, 2.05) is 0 Å². The predicted molar refractivity (Wildman–Crippen MR) is 154 cm³/mol. The molecule has 5 amide bonds. The Balaban J connectivity index is 1.79. The molecule has 1 aromatic carbocycles. The van der Waals surface area contributed by atoms with Crippen LogP contribution >= 0.6 is 0 Å². The molecule has 0 spiro atoms. The number of anilines is 1. The summed E-state index contributed by atoms with van der Waals surface area (Å²) < 4.78 is 5.01. The minimum atomic E-state index is -0.936. The molecular weight excluding hydrogens is 562 g/mol. The SMILES string of the molecule is CC(=O)CNC(=O)OCc1ccc(NC(=O)[C@H](C)NC(=O)[C@@H](NC(=O)CCC(=O)N2CCC(C(=O)O)CC2)C(C)C)cc1. The number of piperidine rings is 1. The first-order valence-electron chi connectivity index (χ1n) is 14.2. The lowest BCUT2D eigenvalue weighted by atomic mass is 9.97. The van der Waals surface area contributed by atoms with Crippen LogP contribution in [0.5, 0.6) is 0 Å². The van der Waals surface area contributed by atoms with Crippen molar-refractivity contribution in [2.24, 2.45) is 11.8 Å². The molecule has 0 bridgehead atoms. The first kappa shape index (κ1) is 34.7. The van der Waals surface area contributed by atoms with Gasteiger partial charge < -0.3 is 36.0 Å². The summed E-state index contributed by atoms with van der Waals surface area (Å²) in [6.45, 7) is 6.82. The highest BCUT2D eigenvalue weighted by molar-refractivity contribution is 5.98. The van der Waals surface area contributed by atoms with Gasteiger partial charge in [0.1, 0.15) is 24.5 Å². The number of nitrogens with zero attached hydrogens (tertiary/aromatic N) is 1. The van der Waals surface area contributed by atoms with Crippen molar-refractivity contribution in [2.75, 3.05) is 25.0 Å². The number of benzene rings is 1. The number of likely N-dealkylation sites (tertiary alicyclic amines) is 1. The van der Waals surface area contributed by atoms with E-state index in [0.717, 1.165) is 0 Å². The average molecular weight is 604 g/mol. The van der Waals surface area contributed by atoms with Gasteiger partial charge in [0.25, 0.3) is 0 Å². The second kappa shape index (κ2) is 16.8. The Hall–Kier alpha value is -4.49. The number of alkyl carbamates (subject to hydrolysis) is 1. The minimum absolute atomic E-state index is 0.0354. The molecule has 0 radical (unpaired) electrons. The molecule has 0 saturated carbocycles. The molecule has 14 nitrogen and oxygen atoms in total. The minimum Gasteiger partial charge on any atom is -0.481 e. The molecule has 1 aromatic rings. The maximum Gasteiger partial charge on any atom is 0.407 e. The number of hydrogen-bond donors (Lipinski definition) is 5. The fourth-order valence-corrected chi connectivity index (χ4v) is 4.24. The van der Waals surface area contributed by atoms with Crippen molar-refractivity contribution >= 4 is 47.2 Å². The summed E-state index contributed by atoms with van der Waals surface area (Å²) in [4.78, 5) is 85.7. The molecular formula is C29H41N5O9. The van der Waals surface area contributed by atoms with Gasteiger partial charge in [0.05, 0.1) is 12.5 Å². The fraction of sp³-hybridized carbons (Fsp3) is 0.552. The molecule has 1 heterocycles. The van der Waals surface area contributed by atoms with Gasteiger partial charge in [-0.25, -0.2) is 4.79 Å². The number of nitrogens with one attached hydrogen (secondary N) is 4. The van der Waals surface area contributed by atoms with Gasteiger partial charge in [-0.15, -0.1) is 0 Å². The van der Waals surface area contributed by atoms with E-state index >= 15 is 0 Å². The van der Waals surface area contributed by atoms with Crippen LogP contribution in [-0.4, -0.2) is 83.2 Å². The molecule has 1 aliphatic heterocycles. The van der Waals surface area contributed by atoms with Crippen LogP contribution in [0.25, 0.3) is 0 Å². The third kappa shape index (κ3) is 12.1. The number of carboxylic acids is 1. The van der Waals surface area contributed by atoms with Crippen molar-refractivity contribution in [3.63, 3.8) is 0 Å². The van der Waals surface area contributed by atoms with Crippen LogP contribution < -0.4 is 21.3 Å². The van der Waals surface area contributed by atoms with E-state index in [1.165, 1.54) is 13.8 Å². The molecule has 14 heteroatoms. The Morgan fingerprint density at radius 1 is 0.930 bits per heavy atom. The van der Waals surface area contributed by atoms with E-state index in [9.17, 15) is 33.6 Å². The van der Waals surface area contributed by atoms with Crippen molar-refractivity contribution in [1.82, 2.24) is 20.9 Å². The highest BCUT2D eigenvalue weighted by atomic mass is 16.5. The molecule has 1 saturated heterocycles. The summed E-state index contributed by atoms with van der Waals surface area (Å²) in [5.74, 6) is -3.62. The standard InChI is InChI=1S/C29H41N5O9/c1-17(2)25(33-23(36)9-10-24(37)34-13-11-21(12-14-34)28(40)41)27(39)31-19(4)26(38)32-22-7-5-20(6-8-22)16-43-29(42)30-15-18(3)35/h5-8,17,19,21,25H,9-16H2,1-4H3,(H,30,42)(H,31,39)(H,32,38)(H,33,36)(H,40,41)/t19-,25-/m0/s1. The van der Waals surface area contributed by atoms with Crippen molar-refractivity contribution < 1.29 is 43.4 Å². The predicted octanol–water partition coefficient (Wildman–Crippen LogP) is 1.19. The van der Waals surface area contributed by atoms with Crippen molar-refractivity contribution in [1.29, 1.82) is 0 Å². The molecule has 43 heavy (non-hydrogen) atoms. The Morgan fingerprint density at radius 2 is 1.56 bits per heavy atom. The summed E-state index contributed by atoms with van der Waals surface area (Å²) >= 11 is 0.